The molecular weight excluding hydrogens is 448 g/mol. The van der Waals surface area contributed by atoms with Crippen molar-refractivity contribution in [2.75, 3.05) is 4.90 Å². The van der Waals surface area contributed by atoms with Gasteiger partial charge in [-0.05, 0) is 49.1 Å². The fourth-order valence-electron chi connectivity index (χ4n) is 4.10. The smallest absolute Gasteiger partial charge is 0.305 e. The van der Waals surface area contributed by atoms with E-state index in [0.717, 1.165) is 28.8 Å². The van der Waals surface area contributed by atoms with Crippen molar-refractivity contribution >= 4 is 17.6 Å². The first-order chi connectivity index (χ1) is 16.0. The molecule has 0 atom stereocenters. The van der Waals surface area contributed by atoms with Crippen LogP contribution in [-0.4, -0.2) is 22.4 Å². The van der Waals surface area contributed by atoms with Crippen molar-refractivity contribution in [2.24, 2.45) is 0 Å². The van der Waals surface area contributed by atoms with Gasteiger partial charge in [0.15, 0.2) is 5.82 Å². The van der Waals surface area contributed by atoms with Gasteiger partial charge in [-0.2, -0.15) is 13.2 Å². The summed E-state index contributed by atoms with van der Waals surface area (Å²) in [5, 5.41) is 0. The third kappa shape index (κ3) is 4.16. The molecule has 0 bridgehead atoms. The number of alkyl halides is 3. The number of carbonyl (C=O) groups is 2. The number of nitrogens with zero attached hydrogens (tertiary/aromatic N) is 2. The van der Waals surface area contributed by atoms with Crippen LogP contribution in [0.5, 0.6) is 0 Å². The molecule has 0 aromatic heterocycles. The fourth-order valence-corrected chi connectivity index (χ4v) is 4.10. The minimum Gasteiger partial charge on any atom is -0.305 e. The quantitative estimate of drug-likeness (QED) is 0.330. The van der Waals surface area contributed by atoms with E-state index in [1.54, 1.807) is 0 Å². The SMILES string of the molecule is CC1(C)C(=O)N(c2cccc(C(F)(F)F)c2F)C(=O)N1Cc1ccccc1Cc1ccccc1. The summed E-state index contributed by atoms with van der Waals surface area (Å²) in [4.78, 5) is 28.2. The molecule has 0 spiro atoms. The van der Waals surface area contributed by atoms with E-state index in [1.807, 2.05) is 54.6 Å². The number of urea groups is 1. The maximum Gasteiger partial charge on any atom is 0.419 e. The zero-order chi connectivity index (χ0) is 24.7. The van der Waals surface area contributed by atoms with Crippen LogP contribution < -0.4 is 4.90 Å². The molecule has 3 amide bonds. The summed E-state index contributed by atoms with van der Waals surface area (Å²) < 4.78 is 54.4. The van der Waals surface area contributed by atoms with Crippen LogP contribution >= 0.6 is 0 Å². The Balaban J connectivity index is 1.69. The Hall–Kier alpha value is -3.68. The normalized spacial score (nSPS) is 15.8. The van der Waals surface area contributed by atoms with Gasteiger partial charge in [-0.25, -0.2) is 14.1 Å². The Morgan fingerprint density at radius 2 is 1.44 bits per heavy atom. The van der Waals surface area contributed by atoms with Crippen molar-refractivity contribution in [1.82, 2.24) is 4.90 Å². The molecule has 1 fully saturated rings. The van der Waals surface area contributed by atoms with E-state index < -0.39 is 40.7 Å². The molecule has 34 heavy (non-hydrogen) atoms. The summed E-state index contributed by atoms with van der Waals surface area (Å²) in [7, 11) is 0. The van der Waals surface area contributed by atoms with Gasteiger partial charge in [0.2, 0.25) is 0 Å². The lowest BCUT2D eigenvalue weighted by molar-refractivity contribution is -0.140. The molecule has 1 aliphatic rings. The number of carbonyl (C=O) groups excluding carboxylic acids is 2. The highest BCUT2D eigenvalue weighted by Crippen LogP contribution is 2.39. The number of anilines is 1. The Morgan fingerprint density at radius 1 is 0.824 bits per heavy atom. The van der Waals surface area contributed by atoms with Crippen molar-refractivity contribution in [2.45, 2.75) is 38.5 Å². The number of imide groups is 1. The molecule has 0 aliphatic carbocycles. The van der Waals surface area contributed by atoms with Gasteiger partial charge in [0, 0.05) is 6.54 Å². The summed E-state index contributed by atoms with van der Waals surface area (Å²) in [5.41, 5.74) is -0.850. The Kier molecular flexibility index (Phi) is 5.93. The second-order valence-corrected chi connectivity index (χ2v) is 8.64. The topological polar surface area (TPSA) is 40.6 Å². The average Bonchev–Trinajstić information content (AvgIpc) is 2.94. The molecule has 3 aromatic rings. The van der Waals surface area contributed by atoms with Gasteiger partial charge in [-0.1, -0.05) is 60.7 Å². The van der Waals surface area contributed by atoms with Gasteiger partial charge in [0.25, 0.3) is 5.91 Å². The van der Waals surface area contributed by atoms with E-state index in [9.17, 15) is 27.2 Å². The first-order valence-electron chi connectivity index (χ1n) is 10.6. The predicted octanol–water partition coefficient (Wildman–Crippen LogP) is 6.18. The van der Waals surface area contributed by atoms with Crippen molar-refractivity contribution in [3.05, 3.63) is 101 Å². The maximum atomic E-state index is 14.8. The number of halogens is 4. The minimum absolute atomic E-state index is 0.0393. The highest BCUT2D eigenvalue weighted by molar-refractivity contribution is 6.23. The van der Waals surface area contributed by atoms with Gasteiger partial charge in [0.1, 0.15) is 5.54 Å². The second-order valence-electron chi connectivity index (χ2n) is 8.64. The Bertz CT molecular complexity index is 1240. The molecule has 3 aromatic carbocycles. The van der Waals surface area contributed by atoms with Crippen LogP contribution in [-0.2, 0) is 23.9 Å². The highest BCUT2D eigenvalue weighted by atomic mass is 19.4. The number of benzene rings is 3. The number of amides is 3. The van der Waals surface area contributed by atoms with E-state index in [0.29, 0.717) is 17.4 Å². The maximum absolute atomic E-state index is 14.8. The van der Waals surface area contributed by atoms with Crippen molar-refractivity contribution in [1.29, 1.82) is 0 Å². The first kappa shape index (κ1) is 23.5. The molecule has 0 saturated carbocycles. The molecule has 4 nitrogen and oxygen atoms in total. The van der Waals surface area contributed by atoms with Crippen molar-refractivity contribution < 1.29 is 27.2 Å². The molecule has 0 unspecified atom stereocenters. The summed E-state index contributed by atoms with van der Waals surface area (Å²) >= 11 is 0. The molecule has 176 valence electrons. The third-order valence-corrected chi connectivity index (χ3v) is 6.03. The summed E-state index contributed by atoms with van der Waals surface area (Å²) in [6.07, 6.45) is -4.36. The first-order valence-corrected chi connectivity index (χ1v) is 10.6. The fraction of sp³-hybridized carbons (Fsp3) is 0.231. The summed E-state index contributed by atoms with van der Waals surface area (Å²) in [5.74, 6) is -2.45. The zero-order valence-electron chi connectivity index (χ0n) is 18.6. The van der Waals surface area contributed by atoms with Gasteiger partial charge < -0.3 is 4.90 Å². The summed E-state index contributed by atoms with van der Waals surface area (Å²) in [6.45, 7) is 3.04. The third-order valence-electron chi connectivity index (χ3n) is 6.03. The molecule has 0 N–H and O–H groups in total. The molecule has 4 rings (SSSR count). The monoisotopic (exact) mass is 470 g/mol. The number of hydrogen-bond acceptors (Lipinski definition) is 2. The largest absolute Gasteiger partial charge is 0.419 e. The van der Waals surface area contributed by atoms with Crippen LogP contribution in [0.4, 0.5) is 28.0 Å². The highest BCUT2D eigenvalue weighted by Gasteiger charge is 2.53. The Morgan fingerprint density at radius 3 is 2.09 bits per heavy atom. The lowest BCUT2D eigenvalue weighted by atomic mass is 9.97. The number of rotatable bonds is 5. The number of hydrogen-bond donors (Lipinski definition) is 0. The minimum atomic E-state index is -4.96. The van der Waals surface area contributed by atoms with Crippen LogP contribution in [0.2, 0.25) is 0 Å². The zero-order valence-corrected chi connectivity index (χ0v) is 18.6. The van der Waals surface area contributed by atoms with E-state index >= 15 is 0 Å². The predicted molar refractivity (Wildman–Crippen MR) is 120 cm³/mol. The standard InChI is InChI=1S/C26H22F4N2O2/c1-25(2)23(33)32(21-14-8-13-20(22(21)27)26(28,29)30)24(34)31(25)16-19-12-7-6-11-18(19)15-17-9-4-3-5-10-17/h3-14H,15-16H2,1-2H3. The Labute approximate surface area is 194 Å². The lowest BCUT2D eigenvalue weighted by Gasteiger charge is -2.28. The van der Waals surface area contributed by atoms with Gasteiger partial charge >= 0.3 is 12.2 Å². The van der Waals surface area contributed by atoms with Crippen LogP contribution in [0.25, 0.3) is 0 Å². The van der Waals surface area contributed by atoms with Crippen LogP contribution in [0.3, 0.4) is 0 Å². The van der Waals surface area contributed by atoms with Gasteiger partial charge in [-0.3, -0.25) is 4.79 Å². The van der Waals surface area contributed by atoms with Gasteiger partial charge in [-0.15, -0.1) is 0 Å². The molecule has 8 heteroatoms. The van der Waals surface area contributed by atoms with Crippen LogP contribution in [0.15, 0.2) is 72.8 Å². The summed E-state index contributed by atoms with van der Waals surface area (Å²) in [6, 6.07) is 18.8. The van der Waals surface area contributed by atoms with E-state index in [-0.39, 0.29) is 6.54 Å². The molecule has 0 radical (unpaired) electrons. The van der Waals surface area contributed by atoms with Gasteiger partial charge in [0.05, 0.1) is 11.3 Å². The molecule has 1 aliphatic heterocycles. The van der Waals surface area contributed by atoms with E-state index in [4.69, 9.17) is 0 Å². The van der Waals surface area contributed by atoms with E-state index in [2.05, 4.69) is 0 Å². The second kappa shape index (κ2) is 8.59. The molecule has 1 saturated heterocycles. The van der Waals surface area contributed by atoms with E-state index in [1.165, 1.54) is 18.7 Å². The van der Waals surface area contributed by atoms with Crippen molar-refractivity contribution in [3.63, 3.8) is 0 Å². The van der Waals surface area contributed by atoms with Crippen LogP contribution in [0, 0.1) is 5.82 Å². The molecular formula is C26H22F4N2O2. The molecule has 1 heterocycles. The van der Waals surface area contributed by atoms with Crippen LogP contribution in [0.1, 0.15) is 36.1 Å². The average molecular weight is 470 g/mol. The lowest BCUT2D eigenvalue weighted by Crippen LogP contribution is -2.43. The van der Waals surface area contributed by atoms with Crippen molar-refractivity contribution in [3.8, 4) is 0 Å².